The monoisotopic (exact) mass is 323 g/mol. The van der Waals surface area contributed by atoms with Crippen molar-refractivity contribution in [1.82, 2.24) is 4.57 Å². The molecule has 0 bridgehead atoms. The van der Waals surface area contributed by atoms with Gasteiger partial charge in [0.1, 0.15) is 11.4 Å². The van der Waals surface area contributed by atoms with Gasteiger partial charge < -0.3 is 14.0 Å². The molecule has 2 rings (SSSR count). The Balaban J connectivity index is 0.000000379. The number of hydrogen-bond donors (Lipinski definition) is 0. The molecule has 0 radical (unpaired) electrons. The molecule has 0 aliphatic rings. The van der Waals surface area contributed by atoms with Crippen LogP contribution in [0.15, 0.2) is 18.2 Å². The van der Waals surface area contributed by atoms with Gasteiger partial charge >= 0.3 is 0 Å². The number of nitrogens with zero attached hydrogens (tertiary/aromatic N) is 1. The van der Waals surface area contributed by atoms with E-state index in [0.717, 1.165) is 11.9 Å². The van der Waals surface area contributed by atoms with Crippen LogP contribution in [0, 0.1) is 12.7 Å². The van der Waals surface area contributed by atoms with Gasteiger partial charge in [0.25, 0.3) is 6.47 Å². The summed E-state index contributed by atoms with van der Waals surface area (Å²) in [5, 5.41) is 0.617. The number of ether oxygens (including phenoxy) is 2. The first-order valence-corrected chi connectivity index (χ1v) is 7.70. The molecule has 2 aromatic rings. The molecule has 1 heterocycles. The van der Waals surface area contributed by atoms with E-state index in [0.29, 0.717) is 29.9 Å². The van der Waals surface area contributed by atoms with Crippen LogP contribution in [0.2, 0.25) is 0 Å². The molecular weight excluding hydrogens is 297 g/mol. The number of benzene rings is 1. The summed E-state index contributed by atoms with van der Waals surface area (Å²) in [6.45, 7) is 10.7. The van der Waals surface area contributed by atoms with Gasteiger partial charge in [-0.2, -0.15) is 0 Å². The average molecular weight is 323 g/mol. The lowest BCUT2D eigenvalue weighted by atomic mass is 10.2. The maximum atomic E-state index is 14.0. The molecule has 0 N–H and O–H groups in total. The molecule has 0 aliphatic carbocycles. The maximum Gasteiger partial charge on any atom is 0.293 e. The van der Waals surface area contributed by atoms with Gasteiger partial charge in [-0.05, 0) is 52.3 Å². The highest BCUT2D eigenvalue weighted by Crippen LogP contribution is 2.28. The molecule has 0 aliphatic heterocycles. The van der Waals surface area contributed by atoms with Crippen LogP contribution >= 0.6 is 0 Å². The summed E-state index contributed by atoms with van der Waals surface area (Å²) >= 11 is 0. The molecule has 128 valence electrons. The Kier molecular flexibility index (Phi) is 6.61. The predicted molar refractivity (Wildman–Crippen MR) is 90.3 cm³/mol. The lowest BCUT2D eigenvalue weighted by Crippen LogP contribution is -2.22. The number of hydrogen-bond acceptors (Lipinski definition) is 3. The van der Waals surface area contributed by atoms with Gasteiger partial charge in [-0.3, -0.25) is 4.79 Å². The summed E-state index contributed by atoms with van der Waals surface area (Å²) in [6, 6.07) is 5.54. The summed E-state index contributed by atoms with van der Waals surface area (Å²) in [7, 11) is 1.87. The van der Waals surface area contributed by atoms with Crippen molar-refractivity contribution in [3.05, 3.63) is 29.7 Å². The summed E-state index contributed by atoms with van der Waals surface area (Å²) in [5.74, 6) is 0.538. The normalized spacial score (nSPS) is 10.9. The van der Waals surface area contributed by atoms with E-state index in [9.17, 15) is 9.18 Å². The van der Waals surface area contributed by atoms with Crippen molar-refractivity contribution in [2.24, 2.45) is 7.05 Å². The van der Waals surface area contributed by atoms with Crippen LogP contribution in [-0.4, -0.2) is 23.2 Å². The minimum absolute atomic E-state index is 0.165. The number of rotatable bonds is 4. The van der Waals surface area contributed by atoms with E-state index in [1.807, 2.05) is 51.4 Å². The fourth-order valence-electron chi connectivity index (χ4n) is 2.09. The quantitative estimate of drug-likeness (QED) is 0.619. The highest BCUT2D eigenvalue weighted by Gasteiger charge is 2.15. The van der Waals surface area contributed by atoms with Crippen LogP contribution in [0.5, 0.6) is 5.75 Å². The third-order valence-corrected chi connectivity index (χ3v) is 3.20. The Morgan fingerprint density at radius 2 is 1.96 bits per heavy atom. The number of fused-ring (bicyclic) bond motifs is 1. The fraction of sp³-hybridized carbons (Fsp3) is 0.500. The molecule has 0 amide bonds. The zero-order valence-electron chi connectivity index (χ0n) is 14.8. The highest BCUT2D eigenvalue weighted by molar-refractivity contribution is 5.83. The van der Waals surface area contributed by atoms with Crippen molar-refractivity contribution in [2.45, 2.75) is 46.6 Å². The van der Waals surface area contributed by atoms with Crippen molar-refractivity contribution >= 4 is 17.4 Å². The van der Waals surface area contributed by atoms with E-state index in [4.69, 9.17) is 4.74 Å². The Morgan fingerprint density at radius 1 is 1.30 bits per heavy atom. The lowest BCUT2D eigenvalue weighted by molar-refractivity contribution is -0.128. The first kappa shape index (κ1) is 19.0. The Hall–Kier alpha value is -2.04. The molecule has 0 fully saturated rings. The second-order valence-electron chi connectivity index (χ2n) is 6.32. The van der Waals surface area contributed by atoms with E-state index >= 15 is 0 Å². The van der Waals surface area contributed by atoms with Gasteiger partial charge in [0.2, 0.25) is 0 Å². The van der Waals surface area contributed by atoms with E-state index in [2.05, 4.69) is 4.74 Å². The van der Waals surface area contributed by atoms with Crippen molar-refractivity contribution in [2.75, 3.05) is 6.61 Å². The molecule has 1 aromatic heterocycles. The van der Waals surface area contributed by atoms with Gasteiger partial charge in [-0.1, -0.05) is 6.92 Å². The first-order valence-electron chi connectivity index (χ1n) is 7.70. The van der Waals surface area contributed by atoms with Gasteiger partial charge in [0, 0.05) is 12.4 Å². The summed E-state index contributed by atoms with van der Waals surface area (Å²) in [4.78, 5) is 9.34. The third kappa shape index (κ3) is 5.27. The summed E-state index contributed by atoms with van der Waals surface area (Å²) in [5.41, 5.74) is 1.27. The predicted octanol–water partition coefficient (Wildman–Crippen LogP) is 4.37. The van der Waals surface area contributed by atoms with Gasteiger partial charge in [-0.15, -0.1) is 0 Å². The molecule has 23 heavy (non-hydrogen) atoms. The van der Waals surface area contributed by atoms with Crippen LogP contribution in [-0.2, 0) is 16.6 Å². The molecule has 1 aromatic carbocycles. The zero-order chi connectivity index (χ0) is 17.6. The number of aromatic nitrogens is 1. The molecule has 0 saturated heterocycles. The number of aryl methyl sites for hydroxylation is 1. The lowest BCUT2D eigenvalue weighted by Gasteiger charge is -2.21. The number of carbonyl (C=O) groups is 1. The SMILES string of the molecule is CCCOC=O.Cc1c(F)c2cc(OC(C)(C)C)ccc2n1C. The standard InChI is InChI=1S/C14H18FNO.C4H8O2/c1-9-13(15)11-8-10(17-14(2,3)4)6-7-12(11)16(9)5;1-2-3-6-4-5/h6-8H,1-5H3;4H,2-3H2,1H3. The Bertz CT molecular complexity index is 656. The van der Waals surface area contributed by atoms with Crippen molar-refractivity contribution in [1.29, 1.82) is 0 Å². The zero-order valence-corrected chi connectivity index (χ0v) is 14.8. The molecule has 0 unspecified atom stereocenters. The summed E-state index contributed by atoms with van der Waals surface area (Å²) < 4.78 is 25.8. The smallest absolute Gasteiger partial charge is 0.293 e. The topological polar surface area (TPSA) is 40.5 Å². The second-order valence-corrected chi connectivity index (χ2v) is 6.32. The Labute approximate surface area is 137 Å². The highest BCUT2D eigenvalue weighted by atomic mass is 19.1. The molecule has 0 atom stereocenters. The molecule has 0 spiro atoms. The minimum atomic E-state index is -0.270. The van der Waals surface area contributed by atoms with Crippen LogP contribution in [0.1, 0.15) is 39.8 Å². The fourth-order valence-corrected chi connectivity index (χ4v) is 2.09. The summed E-state index contributed by atoms with van der Waals surface area (Å²) in [6.07, 6.45) is 0.902. The molecule has 4 nitrogen and oxygen atoms in total. The molecule has 5 heteroatoms. The van der Waals surface area contributed by atoms with Crippen LogP contribution in [0.3, 0.4) is 0 Å². The van der Waals surface area contributed by atoms with E-state index < -0.39 is 0 Å². The Morgan fingerprint density at radius 3 is 2.43 bits per heavy atom. The molecule has 0 saturated carbocycles. The van der Waals surface area contributed by atoms with Crippen LogP contribution in [0.25, 0.3) is 10.9 Å². The minimum Gasteiger partial charge on any atom is -0.488 e. The second kappa shape index (κ2) is 7.99. The van der Waals surface area contributed by atoms with Crippen LogP contribution in [0.4, 0.5) is 4.39 Å². The maximum absolute atomic E-state index is 14.0. The van der Waals surface area contributed by atoms with Crippen molar-refractivity contribution < 1.29 is 18.7 Å². The van der Waals surface area contributed by atoms with Gasteiger partial charge in [0.15, 0.2) is 5.82 Å². The van der Waals surface area contributed by atoms with E-state index in [1.54, 1.807) is 13.0 Å². The van der Waals surface area contributed by atoms with E-state index in [1.165, 1.54) is 0 Å². The third-order valence-electron chi connectivity index (χ3n) is 3.20. The van der Waals surface area contributed by atoms with Crippen molar-refractivity contribution in [3.63, 3.8) is 0 Å². The molecular formula is C18H26FNO3. The average Bonchev–Trinajstić information content (AvgIpc) is 2.69. The van der Waals surface area contributed by atoms with Crippen molar-refractivity contribution in [3.8, 4) is 5.75 Å². The largest absolute Gasteiger partial charge is 0.488 e. The van der Waals surface area contributed by atoms with E-state index in [-0.39, 0.29) is 11.4 Å². The number of carbonyl (C=O) groups excluding carboxylic acids is 1. The first-order chi connectivity index (χ1) is 10.7. The van der Waals surface area contributed by atoms with Gasteiger partial charge in [-0.25, -0.2) is 4.39 Å². The van der Waals surface area contributed by atoms with Gasteiger partial charge in [0.05, 0.1) is 17.8 Å². The van der Waals surface area contributed by atoms with Crippen LogP contribution < -0.4 is 4.74 Å². The number of halogens is 1.